The van der Waals surface area contributed by atoms with Crippen molar-refractivity contribution < 1.29 is 4.79 Å². The van der Waals surface area contributed by atoms with E-state index in [1.807, 2.05) is 25.1 Å². The van der Waals surface area contributed by atoms with Gasteiger partial charge in [-0.3, -0.25) is 4.79 Å². The van der Waals surface area contributed by atoms with Gasteiger partial charge in [0, 0.05) is 24.7 Å². The van der Waals surface area contributed by atoms with Gasteiger partial charge in [0.05, 0.1) is 11.0 Å². The summed E-state index contributed by atoms with van der Waals surface area (Å²) >= 11 is 0. The first-order valence-corrected chi connectivity index (χ1v) is 8.51. The van der Waals surface area contributed by atoms with Crippen LogP contribution in [0.25, 0.3) is 11.0 Å². The summed E-state index contributed by atoms with van der Waals surface area (Å²) in [5, 5.41) is 3.10. The molecule has 1 saturated heterocycles. The molecule has 3 rings (SSSR count). The molecule has 5 nitrogen and oxygen atoms in total. The Kier molecular flexibility index (Phi) is 4.66. The number of hydrogen-bond donors (Lipinski definition) is 2. The summed E-state index contributed by atoms with van der Waals surface area (Å²) < 4.78 is 0. The van der Waals surface area contributed by atoms with Crippen LogP contribution in [0.15, 0.2) is 18.2 Å². The second-order valence-corrected chi connectivity index (χ2v) is 6.86. The molecule has 0 aliphatic carbocycles. The van der Waals surface area contributed by atoms with E-state index in [9.17, 15) is 4.79 Å². The molecule has 0 bridgehead atoms. The van der Waals surface area contributed by atoms with Gasteiger partial charge in [-0.2, -0.15) is 0 Å². The first-order valence-electron chi connectivity index (χ1n) is 8.51. The highest BCUT2D eigenvalue weighted by atomic mass is 16.1. The Bertz CT molecular complexity index is 691. The van der Waals surface area contributed by atoms with Gasteiger partial charge in [-0.25, -0.2) is 4.98 Å². The van der Waals surface area contributed by atoms with Gasteiger partial charge in [0.1, 0.15) is 5.82 Å². The number of piperidine rings is 1. The van der Waals surface area contributed by atoms with Gasteiger partial charge in [-0.05, 0) is 64.3 Å². The predicted molar refractivity (Wildman–Crippen MR) is 92.6 cm³/mol. The first kappa shape index (κ1) is 16.0. The number of fused-ring (bicyclic) bond motifs is 1. The van der Waals surface area contributed by atoms with E-state index in [0.29, 0.717) is 17.5 Å². The van der Waals surface area contributed by atoms with Crippen LogP contribution in [0.4, 0.5) is 0 Å². The van der Waals surface area contributed by atoms with Crippen molar-refractivity contribution in [3.8, 4) is 0 Å². The van der Waals surface area contributed by atoms with Crippen LogP contribution in [0.1, 0.15) is 42.9 Å². The van der Waals surface area contributed by atoms with E-state index in [4.69, 9.17) is 0 Å². The zero-order valence-electron chi connectivity index (χ0n) is 14.2. The van der Waals surface area contributed by atoms with Gasteiger partial charge in [-0.1, -0.05) is 0 Å². The number of hydrogen-bond acceptors (Lipinski definition) is 3. The minimum atomic E-state index is 0.000762. The van der Waals surface area contributed by atoms with Crippen LogP contribution in [0.5, 0.6) is 0 Å². The third-order valence-electron chi connectivity index (χ3n) is 4.69. The number of aryl methyl sites for hydroxylation is 1. The minimum Gasteiger partial charge on any atom is -0.352 e. The van der Waals surface area contributed by atoms with Crippen LogP contribution < -0.4 is 5.32 Å². The van der Waals surface area contributed by atoms with Crippen molar-refractivity contribution in [1.29, 1.82) is 0 Å². The van der Waals surface area contributed by atoms with Crippen molar-refractivity contribution in [2.24, 2.45) is 5.92 Å². The lowest BCUT2D eigenvalue weighted by Crippen LogP contribution is -2.43. The maximum atomic E-state index is 12.4. The third-order valence-corrected chi connectivity index (χ3v) is 4.69. The van der Waals surface area contributed by atoms with Crippen molar-refractivity contribution in [3.05, 3.63) is 29.6 Å². The molecule has 5 heteroatoms. The molecule has 1 aliphatic heterocycles. The molecule has 1 aliphatic rings. The normalized spacial score (nSPS) is 19.4. The van der Waals surface area contributed by atoms with Crippen LogP contribution in [-0.4, -0.2) is 46.5 Å². The molecule has 0 unspecified atom stereocenters. The maximum Gasteiger partial charge on any atom is 0.251 e. The van der Waals surface area contributed by atoms with E-state index in [0.717, 1.165) is 29.9 Å². The van der Waals surface area contributed by atoms with Crippen LogP contribution in [0, 0.1) is 12.8 Å². The highest BCUT2D eigenvalue weighted by Gasteiger charge is 2.22. The molecular weight excluding hydrogens is 288 g/mol. The number of rotatable bonds is 4. The summed E-state index contributed by atoms with van der Waals surface area (Å²) in [6.07, 6.45) is 2.42. The highest BCUT2D eigenvalue weighted by molar-refractivity contribution is 5.97. The average molecular weight is 314 g/mol. The Morgan fingerprint density at radius 1 is 1.48 bits per heavy atom. The van der Waals surface area contributed by atoms with Gasteiger partial charge >= 0.3 is 0 Å². The molecule has 1 atom stereocenters. The molecule has 124 valence electrons. The summed E-state index contributed by atoms with van der Waals surface area (Å²) in [5.41, 5.74) is 2.51. The Morgan fingerprint density at radius 3 is 3.09 bits per heavy atom. The van der Waals surface area contributed by atoms with E-state index in [1.165, 1.54) is 19.4 Å². The molecular formula is C18H26N4O. The quantitative estimate of drug-likeness (QED) is 0.912. The first-order chi connectivity index (χ1) is 11.0. The number of amides is 1. The number of nitrogens with one attached hydrogen (secondary N) is 2. The number of carbonyl (C=O) groups excluding carboxylic acids is 1. The second-order valence-electron chi connectivity index (χ2n) is 6.86. The largest absolute Gasteiger partial charge is 0.352 e. The fraction of sp³-hybridized carbons (Fsp3) is 0.556. The van der Waals surface area contributed by atoms with Crippen molar-refractivity contribution in [2.75, 3.05) is 19.6 Å². The highest BCUT2D eigenvalue weighted by Crippen LogP contribution is 2.18. The number of imidazole rings is 1. The average Bonchev–Trinajstić information content (AvgIpc) is 2.91. The SMILES string of the molecule is Cc1nc2ccc(C(=O)NC[C@@H]3CCCN(C(C)C)C3)cc2[nH]1. The molecule has 0 radical (unpaired) electrons. The van der Waals surface area contributed by atoms with Gasteiger partial charge in [0.2, 0.25) is 0 Å². The molecule has 23 heavy (non-hydrogen) atoms. The van der Waals surface area contributed by atoms with E-state index in [1.54, 1.807) is 0 Å². The number of benzene rings is 1. The molecule has 1 amide bonds. The number of aromatic amines is 1. The van der Waals surface area contributed by atoms with Crippen LogP contribution in [0.2, 0.25) is 0 Å². The maximum absolute atomic E-state index is 12.4. The zero-order valence-corrected chi connectivity index (χ0v) is 14.2. The summed E-state index contributed by atoms with van der Waals surface area (Å²) in [5.74, 6) is 1.42. The molecule has 1 aromatic heterocycles. The molecule has 0 saturated carbocycles. The fourth-order valence-corrected chi connectivity index (χ4v) is 3.35. The molecule has 2 aromatic rings. The molecule has 1 fully saturated rings. The van der Waals surface area contributed by atoms with E-state index >= 15 is 0 Å². The molecule has 2 N–H and O–H groups in total. The summed E-state index contributed by atoms with van der Waals surface area (Å²) in [4.78, 5) is 22.4. The Morgan fingerprint density at radius 2 is 2.30 bits per heavy atom. The third kappa shape index (κ3) is 3.72. The van der Waals surface area contributed by atoms with Gasteiger partial charge in [0.15, 0.2) is 0 Å². The lowest BCUT2D eigenvalue weighted by molar-refractivity contribution is 0.0923. The predicted octanol–water partition coefficient (Wildman–Crippen LogP) is 2.72. The van der Waals surface area contributed by atoms with Crippen LogP contribution >= 0.6 is 0 Å². The Balaban J connectivity index is 1.59. The number of aromatic nitrogens is 2. The van der Waals surface area contributed by atoms with Gasteiger partial charge < -0.3 is 15.2 Å². The number of nitrogens with zero attached hydrogens (tertiary/aromatic N) is 2. The number of H-pyrrole nitrogens is 1. The fourth-order valence-electron chi connectivity index (χ4n) is 3.35. The lowest BCUT2D eigenvalue weighted by Gasteiger charge is -2.35. The Labute approximate surface area is 137 Å². The van der Waals surface area contributed by atoms with Crippen LogP contribution in [0.3, 0.4) is 0 Å². The van der Waals surface area contributed by atoms with Crippen molar-refractivity contribution >= 4 is 16.9 Å². The van der Waals surface area contributed by atoms with E-state index in [2.05, 4.69) is 34.0 Å². The minimum absolute atomic E-state index is 0.000762. The smallest absolute Gasteiger partial charge is 0.251 e. The van der Waals surface area contributed by atoms with Crippen molar-refractivity contribution in [2.45, 2.75) is 39.7 Å². The van der Waals surface area contributed by atoms with Crippen LogP contribution in [-0.2, 0) is 0 Å². The van der Waals surface area contributed by atoms with Gasteiger partial charge in [0.25, 0.3) is 5.91 Å². The molecule has 1 aromatic carbocycles. The zero-order chi connectivity index (χ0) is 16.4. The summed E-state index contributed by atoms with van der Waals surface area (Å²) in [7, 11) is 0. The van der Waals surface area contributed by atoms with E-state index in [-0.39, 0.29) is 5.91 Å². The van der Waals surface area contributed by atoms with E-state index < -0.39 is 0 Å². The standard InChI is InChI=1S/C18H26N4O/c1-12(2)22-8-4-5-14(11-22)10-19-18(23)15-6-7-16-17(9-15)21-13(3)20-16/h6-7,9,12,14H,4-5,8,10-11H2,1-3H3,(H,19,23)(H,20,21)/t14-/m0/s1. The summed E-state index contributed by atoms with van der Waals surface area (Å²) in [6.45, 7) is 9.41. The number of likely N-dealkylation sites (tertiary alicyclic amines) is 1. The second kappa shape index (κ2) is 6.71. The summed E-state index contributed by atoms with van der Waals surface area (Å²) in [6, 6.07) is 6.21. The van der Waals surface area contributed by atoms with Crippen molar-refractivity contribution in [1.82, 2.24) is 20.2 Å². The monoisotopic (exact) mass is 314 g/mol. The number of carbonyl (C=O) groups is 1. The van der Waals surface area contributed by atoms with Crippen molar-refractivity contribution in [3.63, 3.8) is 0 Å². The molecule has 0 spiro atoms. The topological polar surface area (TPSA) is 61.0 Å². The molecule has 2 heterocycles. The lowest BCUT2D eigenvalue weighted by atomic mass is 9.97. The Hall–Kier alpha value is -1.88. The van der Waals surface area contributed by atoms with Gasteiger partial charge in [-0.15, -0.1) is 0 Å².